The first-order chi connectivity index (χ1) is 5.61. The van der Waals surface area contributed by atoms with E-state index in [1.165, 1.54) is 11.3 Å². The first-order valence-corrected chi connectivity index (χ1v) is 4.28. The third-order valence-corrected chi connectivity index (χ3v) is 1.82. The number of aryl methyl sites for hydroxylation is 2. The Bertz CT molecular complexity index is 263. The van der Waals surface area contributed by atoms with E-state index in [0.29, 0.717) is 5.92 Å². The maximum atomic E-state index is 4.16. The monoisotopic (exact) mass is 164 g/mol. The molecule has 1 rings (SSSR count). The Labute approximate surface area is 73.9 Å². The van der Waals surface area contributed by atoms with E-state index in [1.807, 2.05) is 17.9 Å². The predicted octanol–water partition coefficient (Wildman–Crippen LogP) is 2.40. The molecule has 0 fully saturated rings. The van der Waals surface area contributed by atoms with Crippen molar-refractivity contribution < 1.29 is 0 Å². The molecule has 0 radical (unpaired) electrons. The summed E-state index contributed by atoms with van der Waals surface area (Å²) in [5, 5.41) is 4.16. The van der Waals surface area contributed by atoms with Crippen LogP contribution in [0.1, 0.15) is 25.1 Å². The highest BCUT2D eigenvalue weighted by molar-refractivity contribution is 5.48. The van der Waals surface area contributed by atoms with Gasteiger partial charge in [0.05, 0.1) is 11.9 Å². The second kappa shape index (κ2) is 3.57. The van der Waals surface area contributed by atoms with Crippen molar-refractivity contribution in [1.82, 2.24) is 9.78 Å². The lowest BCUT2D eigenvalue weighted by molar-refractivity contribution is 0.757. The van der Waals surface area contributed by atoms with Crippen molar-refractivity contribution in [2.24, 2.45) is 13.0 Å². The minimum atomic E-state index is 0.597. The zero-order valence-electron chi connectivity index (χ0n) is 8.20. The molecular weight excluding hydrogens is 148 g/mol. The van der Waals surface area contributed by atoms with Crippen LogP contribution in [-0.2, 0) is 7.05 Å². The second-order valence-corrected chi connectivity index (χ2v) is 3.44. The van der Waals surface area contributed by atoms with Gasteiger partial charge in [-0.25, -0.2) is 0 Å². The molecule has 0 bridgehead atoms. The van der Waals surface area contributed by atoms with E-state index in [9.17, 15) is 0 Å². The highest BCUT2D eigenvalue weighted by Gasteiger charge is 1.98. The normalized spacial score (nSPS) is 11.8. The number of nitrogens with zero attached hydrogens (tertiary/aromatic N) is 2. The van der Waals surface area contributed by atoms with E-state index in [4.69, 9.17) is 0 Å². The van der Waals surface area contributed by atoms with Crippen LogP contribution in [0.2, 0.25) is 0 Å². The number of rotatable bonds is 2. The lowest BCUT2D eigenvalue weighted by atomic mass is 10.1. The molecule has 12 heavy (non-hydrogen) atoms. The summed E-state index contributed by atoms with van der Waals surface area (Å²) in [6.07, 6.45) is 6.21. The zero-order valence-corrected chi connectivity index (χ0v) is 8.20. The Morgan fingerprint density at radius 3 is 2.58 bits per heavy atom. The van der Waals surface area contributed by atoms with Gasteiger partial charge in [-0.2, -0.15) is 5.10 Å². The SMILES string of the molecule is Cc1cnn(C)c1/C=C\C(C)C. The van der Waals surface area contributed by atoms with Crippen LogP contribution in [0.5, 0.6) is 0 Å². The molecule has 1 aromatic rings. The summed E-state index contributed by atoms with van der Waals surface area (Å²) in [4.78, 5) is 0. The maximum Gasteiger partial charge on any atom is 0.0632 e. The molecule has 0 unspecified atom stereocenters. The molecule has 0 aliphatic carbocycles. The largest absolute Gasteiger partial charge is 0.268 e. The molecule has 0 aliphatic heterocycles. The molecule has 66 valence electrons. The Balaban J connectivity index is 2.87. The summed E-state index contributed by atoms with van der Waals surface area (Å²) in [7, 11) is 1.97. The van der Waals surface area contributed by atoms with Gasteiger partial charge in [-0.3, -0.25) is 4.68 Å². The second-order valence-electron chi connectivity index (χ2n) is 3.44. The van der Waals surface area contributed by atoms with E-state index < -0.39 is 0 Å². The van der Waals surface area contributed by atoms with Crippen LogP contribution in [-0.4, -0.2) is 9.78 Å². The number of hydrogen-bond donors (Lipinski definition) is 0. The van der Waals surface area contributed by atoms with Crippen LogP contribution >= 0.6 is 0 Å². The highest BCUT2D eigenvalue weighted by Crippen LogP contribution is 2.09. The molecule has 1 aromatic heterocycles. The Morgan fingerprint density at radius 1 is 1.50 bits per heavy atom. The van der Waals surface area contributed by atoms with Gasteiger partial charge in [0, 0.05) is 7.05 Å². The lowest BCUT2D eigenvalue weighted by Gasteiger charge is -1.97. The van der Waals surface area contributed by atoms with Crippen molar-refractivity contribution in [2.45, 2.75) is 20.8 Å². The minimum Gasteiger partial charge on any atom is -0.268 e. The smallest absolute Gasteiger partial charge is 0.0632 e. The first-order valence-electron chi connectivity index (χ1n) is 4.28. The van der Waals surface area contributed by atoms with Gasteiger partial charge >= 0.3 is 0 Å². The quantitative estimate of drug-likeness (QED) is 0.656. The highest BCUT2D eigenvalue weighted by atomic mass is 15.3. The van der Waals surface area contributed by atoms with Crippen molar-refractivity contribution in [1.29, 1.82) is 0 Å². The number of allylic oxidation sites excluding steroid dienone is 1. The summed E-state index contributed by atoms with van der Waals surface area (Å²) in [6, 6.07) is 0. The van der Waals surface area contributed by atoms with Gasteiger partial charge in [-0.05, 0) is 24.5 Å². The molecule has 0 saturated heterocycles. The predicted molar refractivity (Wildman–Crippen MR) is 51.8 cm³/mol. The molecule has 2 heteroatoms. The Hall–Kier alpha value is -1.05. The van der Waals surface area contributed by atoms with Crippen molar-refractivity contribution in [3.05, 3.63) is 23.5 Å². The van der Waals surface area contributed by atoms with E-state index in [2.05, 4.69) is 38.0 Å². The summed E-state index contributed by atoms with van der Waals surface area (Å²) >= 11 is 0. The molecule has 0 aliphatic rings. The number of aromatic nitrogens is 2. The molecule has 0 aromatic carbocycles. The molecule has 1 heterocycles. The third-order valence-electron chi connectivity index (χ3n) is 1.82. The summed E-state index contributed by atoms with van der Waals surface area (Å²) < 4.78 is 1.90. The van der Waals surface area contributed by atoms with Crippen molar-refractivity contribution in [3.63, 3.8) is 0 Å². The van der Waals surface area contributed by atoms with Crippen molar-refractivity contribution in [3.8, 4) is 0 Å². The fraction of sp³-hybridized carbons (Fsp3) is 0.500. The molecular formula is C10H16N2. The van der Waals surface area contributed by atoms with Gasteiger partial charge in [0.15, 0.2) is 0 Å². The topological polar surface area (TPSA) is 17.8 Å². The molecule has 0 atom stereocenters. The van der Waals surface area contributed by atoms with Gasteiger partial charge in [0.1, 0.15) is 0 Å². The standard InChI is InChI=1S/C10H16N2/c1-8(2)5-6-10-9(3)7-11-12(10)4/h5-8H,1-4H3/b6-5-. The molecule has 0 N–H and O–H groups in total. The minimum absolute atomic E-state index is 0.597. The third kappa shape index (κ3) is 1.97. The van der Waals surface area contributed by atoms with Crippen molar-refractivity contribution >= 4 is 6.08 Å². The first kappa shape index (κ1) is 9.04. The van der Waals surface area contributed by atoms with Crippen LogP contribution in [0, 0.1) is 12.8 Å². The van der Waals surface area contributed by atoms with E-state index in [1.54, 1.807) is 0 Å². The average molecular weight is 164 g/mol. The molecule has 0 saturated carbocycles. The van der Waals surface area contributed by atoms with Gasteiger partial charge in [-0.15, -0.1) is 0 Å². The Kier molecular flexibility index (Phi) is 2.69. The van der Waals surface area contributed by atoms with Crippen LogP contribution in [0.3, 0.4) is 0 Å². The average Bonchev–Trinajstić information content (AvgIpc) is 2.28. The molecule has 2 nitrogen and oxygen atoms in total. The van der Waals surface area contributed by atoms with Crippen LogP contribution in [0.25, 0.3) is 6.08 Å². The number of hydrogen-bond acceptors (Lipinski definition) is 1. The van der Waals surface area contributed by atoms with E-state index in [-0.39, 0.29) is 0 Å². The van der Waals surface area contributed by atoms with Crippen molar-refractivity contribution in [2.75, 3.05) is 0 Å². The van der Waals surface area contributed by atoms with Gasteiger partial charge in [0.2, 0.25) is 0 Å². The Morgan fingerprint density at radius 2 is 2.17 bits per heavy atom. The van der Waals surface area contributed by atoms with Crippen LogP contribution < -0.4 is 0 Å². The fourth-order valence-corrected chi connectivity index (χ4v) is 1.08. The van der Waals surface area contributed by atoms with Gasteiger partial charge < -0.3 is 0 Å². The summed E-state index contributed by atoms with van der Waals surface area (Å²) in [6.45, 7) is 6.41. The summed E-state index contributed by atoms with van der Waals surface area (Å²) in [5.41, 5.74) is 2.43. The van der Waals surface area contributed by atoms with Crippen LogP contribution in [0.15, 0.2) is 12.3 Å². The van der Waals surface area contributed by atoms with Crippen LogP contribution in [0.4, 0.5) is 0 Å². The summed E-state index contributed by atoms with van der Waals surface area (Å²) in [5.74, 6) is 0.597. The zero-order chi connectivity index (χ0) is 9.14. The van der Waals surface area contributed by atoms with E-state index >= 15 is 0 Å². The lowest BCUT2D eigenvalue weighted by Crippen LogP contribution is -1.93. The van der Waals surface area contributed by atoms with Gasteiger partial charge in [-0.1, -0.05) is 19.9 Å². The molecule has 0 spiro atoms. The maximum absolute atomic E-state index is 4.16. The van der Waals surface area contributed by atoms with Gasteiger partial charge in [0.25, 0.3) is 0 Å². The fourth-order valence-electron chi connectivity index (χ4n) is 1.08. The molecule has 0 amide bonds. The van der Waals surface area contributed by atoms with E-state index in [0.717, 1.165) is 0 Å².